The maximum atomic E-state index is 4.63. The molecular weight excluding hydrogens is 234 g/mol. The zero-order valence-electron chi connectivity index (χ0n) is 12.1. The molecule has 0 saturated heterocycles. The van der Waals surface area contributed by atoms with Gasteiger partial charge in [-0.1, -0.05) is 31.2 Å². The van der Waals surface area contributed by atoms with Crippen LogP contribution in [0.2, 0.25) is 0 Å². The summed E-state index contributed by atoms with van der Waals surface area (Å²) in [6.07, 6.45) is 1.06. The lowest BCUT2D eigenvalue weighted by Gasteiger charge is -2.10. The predicted molar refractivity (Wildman–Crippen MR) is 79.1 cm³/mol. The van der Waals surface area contributed by atoms with E-state index in [2.05, 4.69) is 46.5 Å². The average molecular weight is 255 g/mol. The van der Waals surface area contributed by atoms with Crippen LogP contribution in [-0.2, 0) is 13.0 Å². The highest BCUT2D eigenvalue weighted by atomic mass is 14.9. The highest BCUT2D eigenvalue weighted by Crippen LogP contribution is 2.19. The first-order valence-electron chi connectivity index (χ1n) is 6.73. The lowest BCUT2D eigenvalue weighted by molar-refractivity contribution is 0.787. The van der Waals surface area contributed by atoms with Gasteiger partial charge in [-0.3, -0.25) is 0 Å². The summed E-state index contributed by atoms with van der Waals surface area (Å²) in [5.41, 5.74) is 5.72. The van der Waals surface area contributed by atoms with E-state index in [-0.39, 0.29) is 0 Å². The molecule has 3 heteroatoms. The van der Waals surface area contributed by atoms with Crippen molar-refractivity contribution >= 4 is 0 Å². The summed E-state index contributed by atoms with van der Waals surface area (Å²) in [6, 6.07) is 8.49. The lowest BCUT2D eigenvalue weighted by Crippen LogP contribution is -2.11. The van der Waals surface area contributed by atoms with Crippen molar-refractivity contribution in [2.75, 3.05) is 7.05 Å². The van der Waals surface area contributed by atoms with E-state index in [0.717, 1.165) is 35.7 Å². The summed E-state index contributed by atoms with van der Waals surface area (Å²) in [5.74, 6) is 0.817. The molecule has 0 aliphatic heterocycles. The summed E-state index contributed by atoms with van der Waals surface area (Å²) in [6.45, 7) is 7.07. The third kappa shape index (κ3) is 2.99. The fourth-order valence-electron chi connectivity index (χ4n) is 2.19. The first-order valence-corrected chi connectivity index (χ1v) is 6.73. The van der Waals surface area contributed by atoms with Crippen molar-refractivity contribution < 1.29 is 0 Å². The standard InChI is InChI=1S/C16H21N3/c1-5-13-6-8-14(9-7-13)16-18-11(2)15(10-17-4)12(3)19-16/h6-9,17H,5,10H2,1-4H3. The zero-order valence-corrected chi connectivity index (χ0v) is 12.1. The highest BCUT2D eigenvalue weighted by molar-refractivity contribution is 5.56. The van der Waals surface area contributed by atoms with Crippen molar-refractivity contribution in [1.82, 2.24) is 15.3 Å². The van der Waals surface area contributed by atoms with E-state index in [1.807, 2.05) is 20.9 Å². The summed E-state index contributed by atoms with van der Waals surface area (Å²) in [4.78, 5) is 9.25. The number of nitrogens with one attached hydrogen (secondary N) is 1. The normalized spacial score (nSPS) is 10.7. The molecule has 19 heavy (non-hydrogen) atoms. The van der Waals surface area contributed by atoms with E-state index >= 15 is 0 Å². The molecule has 0 bridgehead atoms. The SMILES string of the molecule is CCc1ccc(-c2nc(C)c(CNC)c(C)n2)cc1. The second-order valence-corrected chi connectivity index (χ2v) is 4.78. The van der Waals surface area contributed by atoms with Gasteiger partial charge in [0.05, 0.1) is 0 Å². The molecule has 0 unspecified atom stereocenters. The molecular formula is C16H21N3. The third-order valence-corrected chi connectivity index (χ3v) is 3.39. The van der Waals surface area contributed by atoms with Gasteiger partial charge in [-0.2, -0.15) is 0 Å². The summed E-state index contributed by atoms with van der Waals surface area (Å²) >= 11 is 0. The number of aryl methyl sites for hydroxylation is 3. The second-order valence-electron chi connectivity index (χ2n) is 4.78. The Hall–Kier alpha value is -1.74. The van der Waals surface area contributed by atoms with Crippen LogP contribution in [0, 0.1) is 13.8 Å². The van der Waals surface area contributed by atoms with Crippen LogP contribution in [0.15, 0.2) is 24.3 Å². The first kappa shape index (κ1) is 13.7. The third-order valence-electron chi connectivity index (χ3n) is 3.39. The van der Waals surface area contributed by atoms with Crippen molar-refractivity contribution in [2.45, 2.75) is 33.7 Å². The molecule has 2 aromatic rings. The van der Waals surface area contributed by atoms with E-state index in [9.17, 15) is 0 Å². The van der Waals surface area contributed by atoms with Crippen LogP contribution >= 0.6 is 0 Å². The molecule has 1 aromatic carbocycles. The van der Waals surface area contributed by atoms with Gasteiger partial charge in [0.2, 0.25) is 0 Å². The van der Waals surface area contributed by atoms with Gasteiger partial charge in [-0.15, -0.1) is 0 Å². The van der Waals surface area contributed by atoms with Gasteiger partial charge < -0.3 is 5.32 Å². The number of rotatable bonds is 4. The Morgan fingerprint density at radius 3 is 2.05 bits per heavy atom. The molecule has 1 N–H and O–H groups in total. The van der Waals surface area contributed by atoms with Crippen LogP contribution in [-0.4, -0.2) is 17.0 Å². The number of nitrogens with zero attached hydrogens (tertiary/aromatic N) is 2. The molecule has 1 aromatic heterocycles. The molecule has 0 amide bonds. The largest absolute Gasteiger partial charge is 0.316 e. The highest BCUT2D eigenvalue weighted by Gasteiger charge is 2.09. The molecule has 0 saturated carbocycles. The molecule has 3 nitrogen and oxygen atoms in total. The van der Waals surface area contributed by atoms with Crippen LogP contribution in [0.1, 0.15) is 29.4 Å². The van der Waals surface area contributed by atoms with Crippen LogP contribution in [0.25, 0.3) is 11.4 Å². The minimum absolute atomic E-state index is 0.812. The van der Waals surface area contributed by atoms with Gasteiger partial charge in [0.25, 0.3) is 0 Å². The van der Waals surface area contributed by atoms with Gasteiger partial charge in [-0.05, 0) is 32.9 Å². The lowest BCUT2D eigenvalue weighted by atomic mass is 10.1. The summed E-state index contributed by atoms with van der Waals surface area (Å²) in [5, 5.41) is 3.16. The van der Waals surface area contributed by atoms with Gasteiger partial charge in [0, 0.05) is 29.1 Å². The van der Waals surface area contributed by atoms with E-state index in [4.69, 9.17) is 0 Å². The minimum Gasteiger partial charge on any atom is -0.316 e. The number of hydrogen-bond acceptors (Lipinski definition) is 3. The Kier molecular flexibility index (Phi) is 4.27. The van der Waals surface area contributed by atoms with Crippen molar-refractivity contribution in [3.63, 3.8) is 0 Å². The summed E-state index contributed by atoms with van der Waals surface area (Å²) in [7, 11) is 1.94. The van der Waals surface area contributed by atoms with Crippen LogP contribution in [0.3, 0.4) is 0 Å². The molecule has 1 heterocycles. The Balaban J connectivity index is 2.39. The Labute approximate surface area is 115 Å². The van der Waals surface area contributed by atoms with Crippen molar-refractivity contribution in [2.24, 2.45) is 0 Å². The van der Waals surface area contributed by atoms with Gasteiger partial charge in [0.1, 0.15) is 0 Å². The Bertz CT molecular complexity index is 536. The molecule has 0 atom stereocenters. The fourth-order valence-corrected chi connectivity index (χ4v) is 2.19. The zero-order chi connectivity index (χ0) is 13.8. The van der Waals surface area contributed by atoms with E-state index < -0.39 is 0 Å². The molecule has 2 rings (SSSR count). The Morgan fingerprint density at radius 1 is 1.00 bits per heavy atom. The smallest absolute Gasteiger partial charge is 0.159 e. The maximum Gasteiger partial charge on any atom is 0.159 e. The van der Waals surface area contributed by atoms with E-state index in [1.54, 1.807) is 0 Å². The minimum atomic E-state index is 0.812. The van der Waals surface area contributed by atoms with E-state index in [1.165, 1.54) is 11.1 Å². The number of aromatic nitrogens is 2. The molecule has 0 spiro atoms. The van der Waals surface area contributed by atoms with Crippen LogP contribution < -0.4 is 5.32 Å². The monoisotopic (exact) mass is 255 g/mol. The second kappa shape index (κ2) is 5.93. The maximum absolute atomic E-state index is 4.63. The van der Waals surface area contributed by atoms with Crippen molar-refractivity contribution in [1.29, 1.82) is 0 Å². The number of hydrogen-bond donors (Lipinski definition) is 1. The quantitative estimate of drug-likeness (QED) is 0.912. The predicted octanol–water partition coefficient (Wildman–Crippen LogP) is 3.04. The summed E-state index contributed by atoms with van der Waals surface area (Å²) < 4.78 is 0. The molecule has 0 fully saturated rings. The van der Waals surface area contributed by atoms with Crippen LogP contribution in [0.4, 0.5) is 0 Å². The molecule has 100 valence electrons. The Morgan fingerprint density at radius 2 is 1.58 bits per heavy atom. The first-order chi connectivity index (χ1) is 9.15. The number of benzene rings is 1. The molecule has 0 aliphatic carbocycles. The van der Waals surface area contributed by atoms with E-state index in [0.29, 0.717) is 0 Å². The topological polar surface area (TPSA) is 37.8 Å². The average Bonchev–Trinajstić information content (AvgIpc) is 2.43. The molecule has 0 aliphatic rings. The van der Waals surface area contributed by atoms with Gasteiger partial charge in [0.15, 0.2) is 5.82 Å². The van der Waals surface area contributed by atoms with Crippen molar-refractivity contribution in [3.8, 4) is 11.4 Å². The van der Waals surface area contributed by atoms with Gasteiger partial charge >= 0.3 is 0 Å². The van der Waals surface area contributed by atoms with Crippen LogP contribution in [0.5, 0.6) is 0 Å². The molecule has 0 radical (unpaired) electrons. The van der Waals surface area contributed by atoms with Gasteiger partial charge in [-0.25, -0.2) is 9.97 Å². The van der Waals surface area contributed by atoms with Crippen molar-refractivity contribution in [3.05, 3.63) is 46.8 Å². The fraction of sp³-hybridized carbons (Fsp3) is 0.375.